The highest BCUT2D eigenvalue weighted by Crippen LogP contribution is 2.38. The average Bonchev–Trinajstić information content (AvgIpc) is 2.88. The number of carboxylic acid groups (broad SMARTS) is 1. The third kappa shape index (κ3) is 3.12. The van der Waals surface area contributed by atoms with Crippen LogP contribution in [0.1, 0.15) is 41.7 Å². The fourth-order valence-corrected chi connectivity index (χ4v) is 3.46. The Morgan fingerprint density at radius 3 is 2.84 bits per heavy atom. The molecule has 100 valence electrons. The van der Waals surface area contributed by atoms with E-state index in [2.05, 4.69) is 11.4 Å². The summed E-state index contributed by atoms with van der Waals surface area (Å²) in [6.45, 7) is 0. The number of carboxylic acids is 1. The zero-order valence-corrected chi connectivity index (χ0v) is 11.2. The highest BCUT2D eigenvalue weighted by molar-refractivity contribution is 7.16. The zero-order chi connectivity index (χ0) is 13.8. The topological polar surface area (TPSA) is 90.2 Å². The van der Waals surface area contributed by atoms with Crippen LogP contribution in [0, 0.1) is 11.3 Å². The molecule has 0 radical (unpaired) electrons. The molecule has 1 aromatic rings. The summed E-state index contributed by atoms with van der Waals surface area (Å²) in [6.07, 6.45) is 3.42. The van der Waals surface area contributed by atoms with Crippen molar-refractivity contribution in [1.82, 2.24) is 0 Å². The molecule has 2 rings (SSSR count). The minimum absolute atomic E-state index is 0.0144. The molecular weight excluding hydrogens is 264 g/mol. The molecule has 5 nitrogen and oxygen atoms in total. The predicted octanol–water partition coefficient (Wildman–Crippen LogP) is 2.30. The van der Waals surface area contributed by atoms with Gasteiger partial charge in [0.2, 0.25) is 5.91 Å². The molecule has 0 aliphatic heterocycles. The number of nitrogens with one attached hydrogen (secondary N) is 1. The van der Waals surface area contributed by atoms with Crippen LogP contribution < -0.4 is 5.32 Å². The number of fused-ring (bicyclic) bond motifs is 1. The lowest BCUT2D eigenvalue weighted by Crippen LogP contribution is -2.11. The molecule has 1 aromatic heterocycles. The molecule has 0 saturated carbocycles. The van der Waals surface area contributed by atoms with Gasteiger partial charge in [-0.3, -0.25) is 9.59 Å². The first-order valence-electron chi connectivity index (χ1n) is 6.18. The Kier molecular flexibility index (Phi) is 4.17. The van der Waals surface area contributed by atoms with Gasteiger partial charge in [-0.1, -0.05) is 0 Å². The van der Waals surface area contributed by atoms with Crippen molar-refractivity contribution in [2.75, 3.05) is 5.32 Å². The Morgan fingerprint density at radius 1 is 1.37 bits per heavy atom. The number of hydrogen-bond acceptors (Lipinski definition) is 4. The van der Waals surface area contributed by atoms with E-state index in [4.69, 9.17) is 10.4 Å². The molecule has 1 heterocycles. The van der Waals surface area contributed by atoms with Crippen LogP contribution in [0.5, 0.6) is 0 Å². The number of rotatable bonds is 5. The van der Waals surface area contributed by atoms with Crippen molar-refractivity contribution >= 4 is 28.2 Å². The lowest BCUT2D eigenvalue weighted by molar-refractivity contribution is -0.137. The van der Waals surface area contributed by atoms with Gasteiger partial charge in [-0.05, 0) is 31.2 Å². The number of carbonyl (C=O) groups excluding carboxylic acids is 1. The van der Waals surface area contributed by atoms with Gasteiger partial charge in [0.1, 0.15) is 11.1 Å². The monoisotopic (exact) mass is 278 g/mol. The van der Waals surface area contributed by atoms with Gasteiger partial charge in [-0.25, -0.2) is 0 Å². The summed E-state index contributed by atoms with van der Waals surface area (Å²) in [7, 11) is 0. The molecule has 1 aliphatic carbocycles. The molecule has 6 heteroatoms. The maximum absolute atomic E-state index is 11.7. The predicted molar refractivity (Wildman–Crippen MR) is 71.2 cm³/mol. The van der Waals surface area contributed by atoms with Crippen molar-refractivity contribution in [1.29, 1.82) is 5.26 Å². The summed E-state index contributed by atoms with van der Waals surface area (Å²) in [5.41, 5.74) is 1.66. The molecule has 1 aliphatic rings. The quantitative estimate of drug-likeness (QED) is 0.864. The number of carbonyl (C=O) groups is 2. The number of nitrogens with zero attached hydrogens (tertiary/aromatic N) is 1. The normalized spacial score (nSPS) is 12.8. The third-order valence-electron chi connectivity index (χ3n) is 3.08. The van der Waals surface area contributed by atoms with E-state index in [0.29, 0.717) is 17.0 Å². The second kappa shape index (κ2) is 5.85. The highest BCUT2D eigenvalue weighted by Gasteiger charge is 2.22. The largest absolute Gasteiger partial charge is 0.481 e. The fraction of sp³-hybridized carbons (Fsp3) is 0.462. The first kappa shape index (κ1) is 13.6. The van der Waals surface area contributed by atoms with Gasteiger partial charge in [0.25, 0.3) is 0 Å². The second-order valence-corrected chi connectivity index (χ2v) is 5.57. The SMILES string of the molecule is N#Cc1c(NC(=O)CCCC(=O)O)sc2c1CCC2. The van der Waals surface area contributed by atoms with Gasteiger partial charge in [-0.2, -0.15) is 5.26 Å². The summed E-state index contributed by atoms with van der Waals surface area (Å²) < 4.78 is 0. The number of hydrogen-bond donors (Lipinski definition) is 2. The maximum Gasteiger partial charge on any atom is 0.303 e. The van der Waals surface area contributed by atoms with Crippen LogP contribution in [0.2, 0.25) is 0 Å². The van der Waals surface area contributed by atoms with E-state index in [9.17, 15) is 9.59 Å². The summed E-state index contributed by atoms with van der Waals surface area (Å²) in [6, 6.07) is 2.16. The molecule has 0 unspecified atom stereocenters. The van der Waals surface area contributed by atoms with Gasteiger partial charge >= 0.3 is 5.97 Å². The maximum atomic E-state index is 11.7. The lowest BCUT2D eigenvalue weighted by atomic mass is 10.1. The van der Waals surface area contributed by atoms with Crippen molar-refractivity contribution in [2.45, 2.75) is 38.5 Å². The van der Waals surface area contributed by atoms with Crippen LogP contribution >= 0.6 is 11.3 Å². The summed E-state index contributed by atoms with van der Waals surface area (Å²) in [5.74, 6) is -1.13. The van der Waals surface area contributed by atoms with Gasteiger partial charge in [0, 0.05) is 17.7 Å². The van der Waals surface area contributed by atoms with Crippen LogP contribution in [0.25, 0.3) is 0 Å². The zero-order valence-electron chi connectivity index (χ0n) is 10.4. The first-order valence-corrected chi connectivity index (χ1v) is 6.99. The number of nitriles is 1. The van der Waals surface area contributed by atoms with Crippen molar-refractivity contribution in [3.05, 3.63) is 16.0 Å². The number of thiophene rings is 1. The average molecular weight is 278 g/mol. The number of amides is 1. The van der Waals surface area contributed by atoms with E-state index >= 15 is 0 Å². The van der Waals surface area contributed by atoms with E-state index in [1.54, 1.807) is 0 Å². The number of aryl methyl sites for hydroxylation is 1. The van der Waals surface area contributed by atoms with Gasteiger partial charge < -0.3 is 10.4 Å². The van der Waals surface area contributed by atoms with Gasteiger partial charge in [0.15, 0.2) is 0 Å². The highest BCUT2D eigenvalue weighted by atomic mass is 32.1. The summed E-state index contributed by atoms with van der Waals surface area (Å²) in [5, 5.41) is 21.0. The number of aliphatic carboxylic acids is 1. The molecule has 0 aromatic carbocycles. The van der Waals surface area contributed by atoms with Crippen LogP contribution in [0.15, 0.2) is 0 Å². The van der Waals surface area contributed by atoms with E-state index in [-0.39, 0.29) is 18.7 Å². The van der Waals surface area contributed by atoms with Crippen LogP contribution in [0.4, 0.5) is 5.00 Å². The van der Waals surface area contributed by atoms with Crippen molar-refractivity contribution in [2.24, 2.45) is 0 Å². The molecule has 0 bridgehead atoms. The molecule has 1 amide bonds. The molecule has 19 heavy (non-hydrogen) atoms. The van der Waals surface area contributed by atoms with E-state index in [1.165, 1.54) is 16.2 Å². The molecule has 0 fully saturated rings. The Bertz CT molecular complexity index is 557. The molecule has 0 saturated heterocycles. The van der Waals surface area contributed by atoms with E-state index in [1.807, 2.05) is 0 Å². The fourth-order valence-electron chi connectivity index (χ4n) is 2.20. The molecular formula is C13H14N2O3S. The summed E-state index contributed by atoms with van der Waals surface area (Å²) >= 11 is 1.47. The smallest absolute Gasteiger partial charge is 0.303 e. The standard InChI is InChI=1S/C13H14N2O3S/c14-7-9-8-3-1-4-10(8)19-13(9)15-11(16)5-2-6-12(17)18/h1-6H2,(H,15,16)(H,17,18). The molecule has 0 spiro atoms. The third-order valence-corrected chi connectivity index (χ3v) is 4.29. The van der Waals surface area contributed by atoms with E-state index in [0.717, 1.165) is 24.8 Å². The van der Waals surface area contributed by atoms with Crippen molar-refractivity contribution in [3.8, 4) is 6.07 Å². The van der Waals surface area contributed by atoms with Crippen LogP contribution in [-0.2, 0) is 22.4 Å². The van der Waals surface area contributed by atoms with E-state index < -0.39 is 5.97 Å². The van der Waals surface area contributed by atoms with Crippen molar-refractivity contribution < 1.29 is 14.7 Å². The minimum atomic E-state index is -0.902. The van der Waals surface area contributed by atoms with Gasteiger partial charge in [-0.15, -0.1) is 11.3 Å². The van der Waals surface area contributed by atoms with Crippen LogP contribution in [0.3, 0.4) is 0 Å². The number of anilines is 1. The molecule has 2 N–H and O–H groups in total. The second-order valence-electron chi connectivity index (χ2n) is 4.47. The summed E-state index contributed by atoms with van der Waals surface area (Å²) in [4.78, 5) is 23.2. The molecule has 0 atom stereocenters. The minimum Gasteiger partial charge on any atom is -0.481 e. The van der Waals surface area contributed by atoms with Gasteiger partial charge in [0.05, 0.1) is 5.56 Å². The first-order chi connectivity index (χ1) is 9.11. The Morgan fingerprint density at radius 2 is 2.16 bits per heavy atom. The Labute approximate surface area is 114 Å². The van der Waals surface area contributed by atoms with Crippen molar-refractivity contribution in [3.63, 3.8) is 0 Å². The lowest BCUT2D eigenvalue weighted by Gasteiger charge is -2.03. The van der Waals surface area contributed by atoms with Crippen LogP contribution in [-0.4, -0.2) is 17.0 Å². The Hall–Kier alpha value is -1.87. The Balaban J connectivity index is 1.98.